The van der Waals surface area contributed by atoms with E-state index in [1.165, 1.54) is 146 Å². The van der Waals surface area contributed by atoms with Gasteiger partial charge in [0.1, 0.15) is 0 Å². The van der Waals surface area contributed by atoms with Gasteiger partial charge in [0.15, 0.2) is 0 Å². The molecule has 0 amide bonds. The second-order valence-electron chi connectivity index (χ2n) is 26.3. The molecule has 1 heterocycles. The van der Waals surface area contributed by atoms with Crippen LogP contribution < -0.4 is 0 Å². The Labute approximate surface area is 619 Å². The zero-order chi connectivity index (χ0) is 70.6. The van der Waals surface area contributed by atoms with E-state index in [0.29, 0.717) is 0 Å². The van der Waals surface area contributed by atoms with Gasteiger partial charge in [-0.1, -0.05) is 413 Å². The first-order valence-corrected chi connectivity index (χ1v) is 36.5. The largest absolute Gasteiger partial charge is 0.381 e. The van der Waals surface area contributed by atoms with Crippen LogP contribution >= 0.6 is 0 Å². The Morgan fingerprint density at radius 3 is 0.476 bits per heavy atom. The lowest BCUT2D eigenvalue weighted by Crippen LogP contribution is -2.02. The average molecular weight is 1350 g/mol. The summed E-state index contributed by atoms with van der Waals surface area (Å²) in [5, 5.41) is 0. The molecule has 17 rings (SSSR count). The first-order valence-electron chi connectivity index (χ1n) is 36.5. The van der Waals surface area contributed by atoms with Crippen molar-refractivity contribution in [3.05, 3.63) is 481 Å². The highest BCUT2D eigenvalue weighted by atomic mass is 16.5. The summed E-state index contributed by atoms with van der Waals surface area (Å²) in [7, 11) is 0. The quantitative estimate of drug-likeness (QED) is 0.0876. The second-order valence-corrected chi connectivity index (χ2v) is 26.3. The summed E-state index contributed by atoms with van der Waals surface area (Å²) >= 11 is 0. The maximum absolute atomic E-state index is 4.94. The molecule has 1 saturated heterocycles. The molecular formula is C104H80O. The number of rotatable bonds is 16. The lowest BCUT2D eigenvalue weighted by Gasteiger charge is -2.24. The van der Waals surface area contributed by atoms with Crippen LogP contribution in [0.5, 0.6) is 0 Å². The van der Waals surface area contributed by atoms with Crippen LogP contribution in [0, 0.1) is 0 Å². The molecule has 1 aliphatic rings. The van der Waals surface area contributed by atoms with Crippen molar-refractivity contribution in [3.8, 4) is 89.0 Å². The van der Waals surface area contributed by atoms with Crippen LogP contribution in [0.25, 0.3) is 111 Å². The molecule has 0 atom stereocenters. The van der Waals surface area contributed by atoms with Crippen molar-refractivity contribution in [2.45, 2.75) is 12.8 Å². The fourth-order valence-corrected chi connectivity index (χ4v) is 14.4. The van der Waals surface area contributed by atoms with Crippen molar-refractivity contribution in [2.24, 2.45) is 0 Å². The van der Waals surface area contributed by atoms with Gasteiger partial charge in [0.05, 0.1) is 0 Å². The third kappa shape index (κ3) is 16.0. The van der Waals surface area contributed by atoms with Gasteiger partial charge in [-0.15, -0.1) is 0 Å². The predicted molar refractivity (Wildman–Crippen MR) is 445 cm³/mol. The van der Waals surface area contributed by atoms with Crippen molar-refractivity contribution in [1.29, 1.82) is 0 Å². The molecule has 1 aliphatic heterocycles. The van der Waals surface area contributed by atoms with Crippen molar-refractivity contribution >= 4 is 22.3 Å². The lowest BCUT2D eigenvalue weighted by atomic mass is 9.79. The molecule has 0 radical (unpaired) electrons. The highest BCUT2D eigenvalue weighted by molar-refractivity contribution is 6.12. The molecule has 1 heteroatoms. The second kappa shape index (κ2) is 33.6. The molecule has 0 aromatic heterocycles. The van der Waals surface area contributed by atoms with Crippen LogP contribution in [0.3, 0.4) is 0 Å². The van der Waals surface area contributed by atoms with Crippen LogP contribution in [0.15, 0.2) is 437 Å². The summed E-state index contributed by atoms with van der Waals surface area (Å²) in [6.45, 7) is 2.00. The minimum atomic E-state index is 1.00. The van der Waals surface area contributed by atoms with Gasteiger partial charge in [0.2, 0.25) is 0 Å². The smallest absolute Gasteiger partial charge is 0.0466 e. The molecule has 16 aromatic carbocycles. The Morgan fingerprint density at radius 1 is 0.152 bits per heavy atom. The zero-order valence-corrected chi connectivity index (χ0v) is 58.8. The van der Waals surface area contributed by atoms with E-state index in [-0.39, 0.29) is 0 Å². The topological polar surface area (TPSA) is 9.23 Å². The first kappa shape index (κ1) is 67.8. The molecule has 502 valence electrons. The van der Waals surface area contributed by atoms with Crippen LogP contribution in [-0.2, 0) is 4.74 Å². The number of ether oxygens (including phenoxy) is 1. The van der Waals surface area contributed by atoms with Crippen molar-refractivity contribution in [3.63, 3.8) is 0 Å². The third-order valence-corrected chi connectivity index (χ3v) is 19.5. The van der Waals surface area contributed by atoms with E-state index < -0.39 is 0 Å². The summed E-state index contributed by atoms with van der Waals surface area (Å²) in [6, 6.07) is 157. The third-order valence-electron chi connectivity index (χ3n) is 19.5. The lowest BCUT2D eigenvalue weighted by molar-refractivity contribution is 0.198. The van der Waals surface area contributed by atoms with Gasteiger partial charge < -0.3 is 4.74 Å². The van der Waals surface area contributed by atoms with E-state index in [1.54, 1.807) is 0 Å². The Hall–Kier alpha value is -13.0. The zero-order valence-electron chi connectivity index (χ0n) is 58.8. The summed E-state index contributed by atoms with van der Waals surface area (Å²) in [4.78, 5) is 0. The van der Waals surface area contributed by atoms with Crippen LogP contribution in [0.1, 0.15) is 57.3 Å². The minimum Gasteiger partial charge on any atom is -0.381 e. The number of hydrogen-bond donors (Lipinski definition) is 0. The van der Waals surface area contributed by atoms with Crippen molar-refractivity contribution in [2.75, 3.05) is 13.2 Å². The van der Waals surface area contributed by atoms with E-state index in [9.17, 15) is 0 Å². The van der Waals surface area contributed by atoms with Crippen LogP contribution in [-0.4, -0.2) is 13.2 Å². The van der Waals surface area contributed by atoms with E-state index in [4.69, 9.17) is 4.74 Å². The summed E-state index contributed by atoms with van der Waals surface area (Å²) in [5.74, 6) is 0. The summed E-state index contributed by atoms with van der Waals surface area (Å²) in [6.07, 6.45) is 2.56. The Kier molecular flexibility index (Phi) is 21.7. The molecule has 0 saturated carbocycles. The Bertz CT molecular complexity index is 4810. The molecule has 0 N–H and O–H groups in total. The summed E-state index contributed by atoms with van der Waals surface area (Å²) in [5.41, 5.74) is 33.2. The summed E-state index contributed by atoms with van der Waals surface area (Å²) < 4.78 is 4.94. The van der Waals surface area contributed by atoms with Gasteiger partial charge in [0.25, 0.3) is 0 Å². The van der Waals surface area contributed by atoms with Gasteiger partial charge in [-0.05, 0) is 193 Å². The van der Waals surface area contributed by atoms with Gasteiger partial charge in [-0.25, -0.2) is 0 Å². The van der Waals surface area contributed by atoms with Crippen LogP contribution in [0.4, 0.5) is 0 Å². The molecule has 0 bridgehead atoms. The Morgan fingerprint density at radius 2 is 0.314 bits per heavy atom. The van der Waals surface area contributed by atoms with Gasteiger partial charge >= 0.3 is 0 Å². The SMILES string of the molecule is C1CCOC1.c1ccc(/C(=C(\c2ccccc2)c2cc(-c3ccccc3)ccc2-c2ccccc2)c2cc(-c3ccccc3)ccc2-c2ccccc2)cc1.c1ccc(/C(=C(\c2ccccc2)c2cc(-c3ccccc3)ccc2-c2ccccc2)c2cc(-c3ccccc3)ccc2-c2ccccc2)cc1. The minimum absolute atomic E-state index is 1.00. The molecule has 16 aromatic rings. The van der Waals surface area contributed by atoms with Gasteiger partial charge in [-0.2, -0.15) is 0 Å². The van der Waals surface area contributed by atoms with Crippen molar-refractivity contribution < 1.29 is 4.74 Å². The molecule has 105 heavy (non-hydrogen) atoms. The maximum atomic E-state index is 4.94. The molecule has 1 nitrogen and oxygen atoms in total. The molecular weight excluding hydrogens is 1270 g/mol. The fourth-order valence-electron chi connectivity index (χ4n) is 14.4. The predicted octanol–water partition coefficient (Wildman–Crippen LogP) is 27.5. The van der Waals surface area contributed by atoms with Crippen LogP contribution in [0.2, 0.25) is 0 Å². The van der Waals surface area contributed by atoms with E-state index >= 15 is 0 Å². The normalized spacial score (nSPS) is 12.1. The van der Waals surface area contributed by atoms with Gasteiger partial charge in [-0.3, -0.25) is 0 Å². The fraction of sp³-hybridized carbons (Fsp3) is 0.0385. The number of hydrogen-bond acceptors (Lipinski definition) is 1. The monoisotopic (exact) mass is 1340 g/mol. The molecule has 0 unspecified atom stereocenters. The first-order chi connectivity index (χ1) is 52.2. The van der Waals surface area contributed by atoms with E-state index in [2.05, 4.69) is 437 Å². The maximum Gasteiger partial charge on any atom is 0.0466 e. The van der Waals surface area contributed by atoms with Crippen molar-refractivity contribution in [1.82, 2.24) is 0 Å². The molecule has 0 aliphatic carbocycles. The Balaban J connectivity index is 0.000000158. The van der Waals surface area contributed by atoms with Gasteiger partial charge in [0, 0.05) is 13.2 Å². The average Bonchev–Trinajstić information content (AvgIpc) is 0.831. The molecule has 1 fully saturated rings. The molecule has 0 spiro atoms. The van der Waals surface area contributed by atoms with E-state index in [0.717, 1.165) is 35.5 Å². The highest BCUT2D eigenvalue weighted by Crippen LogP contribution is 2.48. The highest BCUT2D eigenvalue weighted by Gasteiger charge is 2.26. The number of benzene rings is 16. The van der Waals surface area contributed by atoms with E-state index in [1.807, 2.05) is 0 Å². The standard InChI is InChI=1S/2C50H36.C4H8O/c2*1-7-19-37(20-8-1)43-31-33-45(39-23-11-3-12-24-39)47(35-43)49(41-27-15-5-16-28-41)50(42-29-17-6-18-30-42)48-36-44(38-21-9-2-10-22-38)32-34-46(48)40-25-13-4-14-26-40;1-2-4-5-3-1/h2*1-36H;1-4H2/b2*50-49-;.